The van der Waals surface area contributed by atoms with Gasteiger partial charge in [-0.25, -0.2) is 0 Å². The zero-order chi connectivity index (χ0) is 8.86. The molecule has 0 unspecified atom stereocenters. The Hall–Kier alpha value is -0.380. The first kappa shape index (κ1) is 9.71. The summed E-state index contributed by atoms with van der Waals surface area (Å²) in [5.41, 5.74) is -0.554. The van der Waals surface area contributed by atoms with E-state index < -0.39 is 5.60 Å². The quantitative estimate of drug-likeness (QED) is 0.472. The fraction of sp³-hybridized carbons (Fsp3) is 0.778. The first-order valence-electron chi connectivity index (χ1n) is 4.39. The van der Waals surface area contributed by atoms with E-state index in [1.807, 2.05) is 0 Å². The molecule has 0 aliphatic carbocycles. The number of nitrogens with one attached hydrogen (secondary N) is 1. The molecular weight excluding hydrogens is 154 g/mol. The molecule has 0 saturated carbocycles. The van der Waals surface area contributed by atoms with E-state index in [0.29, 0.717) is 19.8 Å². The van der Waals surface area contributed by atoms with Gasteiger partial charge in [0.05, 0.1) is 5.60 Å². The van der Waals surface area contributed by atoms with Gasteiger partial charge in [-0.3, -0.25) is 0 Å². The summed E-state index contributed by atoms with van der Waals surface area (Å²) in [4.78, 5) is 0. The average molecular weight is 171 g/mol. The second-order valence-corrected chi connectivity index (χ2v) is 3.26. The second kappa shape index (κ2) is 4.60. The Kier molecular flexibility index (Phi) is 3.72. The minimum absolute atomic E-state index is 0.554. The van der Waals surface area contributed by atoms with Crippen LogP contribution < -0.4 is 5.32 Å². The second-order valence-electron chi connectivity index (χ2n) is 3.26. The van der Waals surface area contributed by atoms with Crippen LogP contribution in [-0.4, -0.2) is 37.0 Å². The molecule has 0 aromatic heterocycles. The van der Waals surface area contributed by atoms with Crippen molar-refractivity contribution in [1.29, 1.82) is 0 Å². The van der Waals surface area contributed by atoms with Crippen molar-refractivity contribution in [3.63, 3.8) is 0 Å². The van der Waals surface area contributed by atoms with Crippen molar-refractivity contribution in [3.8, 4) is 0 Å². The first-order chi connectivity index (χ1) is 5.77. The average Bonchev–Trinajstić information content (AvgIpc) is 2.06. The lowest BCUT2D eigenvalue weighted by Gasteiger charge is -2.32. The van der Waals surface area contributed by atoms with Gasteiger partial charge in [0.1, 0.15) is 0 Å². The smallest absolute Gasteiger partial charge is 0.0815 e. The molecule has 0 spiro atoms. The van der Waals surface area contributed by atoms with Gasteiger partial charge in [-0.05, 0) is 0 Å². The molecule has 1 aliphatic heterocycles. The van der Waals surface area contributed by atoms with E-state index in [1.165, 1.54) is 0 Å². The maximum atomic E-state index is 9.92. The summed E-state index contributed by atoms with van der Waals surface area (Å²) < 4.78 is 5.16. The van der Waals surface area contributed by atoms with Gasteiger partial charge in [-0.2, -0.15) is 0 Å². The van der Waals surface area contributed by atoms with Gasteiger partial charge < -0.3 is 15.2 Å². The number of hydrogen-bond donors (Lipinski definition) is 2. The van der Waals surface area contributed by atoms with Crippen LogP contribution in [0.5, 0.6) is 0 Å². The van der Waals surface area contributed by atoms with E-state index in [1.54, 1.807) is 6.08 Å². The number of aliphatic hydroxyl groups is 1. The molecule has 1 fully saturated rings. The summed E-state index contributed by atoms with van der Waals surface area (Å²) in [6.07, 6.45) is 3.26. The van der Waals surface area contributed by atoms with Gasteiger partial charge in [-0.1, -0.05) is 6.08 Å². The molecule has 0 atom stereocenters. The third kappa shape index (κ3) is 2.93. The Morgan fingerprint density at radius 2 is 2.17 bits per heavy atom. The van der Waals surface area contributed by atoms with E-state index in [4.69, 9.17) is 4.74 Å². The van der Waals surface area contributed by atoms with Crippen LogP contribution >= 0.6 is 0 Å². The zero-order valence-corrected chi connectivity index (χ0v) is 7.38. The van der Waals surface area contributed by atoms with Crippen molar-refractivity contribution in [2.45, 2.75) is 18.4 Å². The van der Waals surface area contributed by atoms with Gasteiger partial charge in [0.15, 0.2) is 0 Å². The van der Waals surface area contributed by atoms with Gasteiger partial charge in [0.25, 0.3) is 0 Å². The lowest BCUT2D eigenvalue weighted by molar-refractivity contribution is -0.0610. The fourth-order valence-corrected chi connectivity index (χ4v) is 1.34. The van der Waals surface area contributed by atoms with Crippen LogP contribution in [0.25, 0.3) is 0 Å². The molecule has 1 heterocycles. The monoisotopic (exact) mass is 171 g/mol. The van der Waals surface area contributed by atoms with E-state index >= 15 is 0 Å². The molecule has 1 aliphatic rings. The summed E-state index contributed by atoms with van der Waals surface area (Å²) >= 11 is 0. The number of hydrogen-bond acceptors (Lipinski definition) is 3. The Balaban J connectivity index is 2.21. The molecule has 70 valence electrons. The number of rotatable bonds is 4. The standard InChI is InChI=1S/C9H17NO2/c1-2-5-10-8-9(11)3-6-12-7-4-9/h2,10-11H,1,3-8H2. The predicted octanol–water partition coefficient (Wildman–Crippen LogP) is 0.303. The molecule has 0 bridgehead atoms. The van der Waals surface area contributed by atoms with Crippen LogP contribution in [0, 0.1) is 0 Å². The summed E-state index contributed by atoms with van der Waals surface area (Å²) in [5.74, 6) is 0. The van der Waals surface area contributed by atoms with E-state index in [9.17, 15) is 5.11 Å². The molecule has 3 nitrogen and oxygen atoms in total. The van der Waals surface area contributed by atoms with Crippen molar-refractivity contribution in [3.05, 3.63) is 12.7 Å². The van der Waals surface area contributed by atoms with Gasteiger partial charge in [-0.15, -0.1) is 6.58 Å². The van der Waals surface area contributed by atoms with E-state index in [-0.39, 0.29) is 0 Å². The van der Waals surface area contributed by atoms with Crippen molar-refractivity contribution < 1.29 is 9.84 Å². The van der Waals surface area contributed by atoms with Gasteiger partial charge in [0.2, 0.25) is 0 Å². The molecule has 1 rings (SSSR count). The molecule has 3 heteroatoms. The van der Waals surface area contributed by atoms with Crippen LogP contribution in [-0.2, 0) is 4.74 Å². The normalized spacial score (nSPS) is 22.1. The van der Waals surface area contributed by atoms with Crippen LogP contribution in [0.1, 0.15) is 12.8 Å². The molecule has 0 amide bonds. The lowest BCUT2D eigenvalue weighted by atomic mass is 9.94. The maximum absolute atomic E-state index is 9.92. The topological polar surface area (TPSA) is 41.5 Å². The molecule has 0 aromatic carbocycles. The summed E-state index contributed by atoms with van der Waals surface area (Å²) in [5, 5.41) is 13.0. The van der Waals surface area contributed by atoms with Crippen LogP contribution in [0.3, 0.4) is 0 Å². The molecule has 0 radical (unpaired) electrons. The highest BCUT2D eigenvalue weighted by Crippen LogP contribution is 2.18. The highest BCUT2D eigenvalue weighted by atomic mass is 16.5. The highest BCUT2D eigenvalue weighted by molar-refractivity contribution is 4.84. The van der Waals surface area contributed by atoms with Crippen LogP contribution in [0.2, 0.25) is 0 Å². The SMILES string of the molecule is C=CCNCC1(O)CCOCC1. The van der Waals surface area contributed by atoms with Gasteiger partial charge >= 0.3 is 0 Å². The van der Waals surface area contributed by atoms with Crippen LogP contribution in [0.15, 0.2) is 12.7 Å². The third-order valence-electron chi connectivity index (χ3n) is 2.17. The molecule has 1 saturated heterocycles. The Labute approximate surface area is 73.4 Å². The third-order valence-corrected chi connectivity index (χ3v) is 2.17. The fourth-order valence-electron chi connectivity index (χ4n) is 1.34. The maximum Gasteiger partial charge on any atom is 0.0815 e. The Bertz CT molecular complexity index is 141. The van der Waals surface area contributed by atoms with Gasteiger partial charge in [0, 0.05) is 39.1 Å². The number of ether oxygens (including phenoxy) is 1. The van der Waals surface area contributed by atoms with Crippen molar-refractivity contribution in [1.82, 2.24) is 5.32 Å². The highest BCUT2D eigenvalue weighted by Gasteiger charge is 2.28. The minimum atomic E-state index is -0.554. The molecule has 2 N–H and O–H groups in total. The van der Waals surface area contributed by atoms with Crippen molar-refractivity contribution in [2.75, 3.05) is 26.3 Å². The van der Waals surface area contributed by atoms with Crippen molar-refractivity contribution in [2.24, 2.45) is 0 Å². The summed E-state index contributed by atoms with van der Waals surface area (Å²) in [6.45, 7) is 6.34. The lowest BCUT2D eigenvalue weighted by Crippen LogP contribution is -2.45. The molecular formula is C9H17NO2. The minimum Gasteiger partial charge on any atom is -0.388 e. The zero-order valence-electron chi connectivity index (χ0n) is 7.38. The van der Waals surface area contributed by atoms with Crippen molar-refractivity contribution >= 4 is 0 Å². The largest absolute Gasteiger partial charge is 0.388 e. The first-order valence-corrected chi connectivity index (χ1v) is 4.39. The molecule has 12 heavy (non-hydrogen) atoms. The molecule has 0 aromatic rings. The summed E-state index contributed by atoms with van der Waals surface area (Å²) in [6, 6.07) is 0. The van der Waals surface area contributed by atoms with E-state index in [2.05, 4.69) is 11.9 Å². The van der Waals surface area contributed by atoms with Crippen LogP contribution in [0.4, 0.5) is 0 Å². The van der Waals surface area contributed by atoms with E-state index in [0.717, 1.165) is 19.4 Å². The summed E-state index contributed by atoms with van der Waals surface area (Å²) in [7, 11) is 0. The Morgan fingerprint density at radius 1 is 1.50 bits per heavy atom. The predicted molar refractivity (Wildman–Crippen MR) is 48.1 cm³/mol. The Morgan fingerprint density at radius 3 is 2.75 bits per heavy atom.